The third kappa shape index (κ3) is 2.62. The van der Waals surface area contributed by atoms with Crippen molar-refractivity contribution in [1.82, 2.24) is 4.98 Å². The quantitative estimate of drug-likeness (QED) is 0.454. The largest absolute Gasteiger partial charge is 0.252 e. The summed E-state index contributed by atoms with van der Waals surface area (Å²) in [6.45, 7) is 3.52. The van der Waals surface area contributed by atoms with Crippen LogP contribution in [0.15, 0.2) is 4.90 Å². The normalized spacial score (nSPS) is 12.9. The number of hydrogen-bond acceptors (Lipinski definition) is 2. The van der Waals surface area contributed by atoms with Crippen molar-refractivity contribution in [2.75, 3.05) is 0 Å². The first kappa shape index (κ1) is 12.3. The van der Waals surface area contributed by atoms with Crippen LogP contribution in [-0.2, 0) is 0 Å². The van der Waals surface area contributed by atoms with E-state index in [4.69, 9.17) is 0 Å². The third-order valence-corrected chi connectivity index (χ3v) is 3.18. The fourth-order valence-corrected chi connectivity index (χ4v) is 1.80. The second-order valence-corrected chi connectivity index (χ2v) is 4.44. The number of nitrogens with zero attached hydrogens (tertiary/aromatic N) is 1. The molecule has 84 valence electrons. The van der Waals surface area contributed by atoms with Crippen molar-refractivity contribution in [3.8, 4) is 0 Å². The van der Waals surface area contributed by atoms with Crippen LogP contribution in [-0.4, -0.2) is 10.2 Å². The molecule has 0 amide bonds. The van der Waals surface area contributed by atoms with Gasteiger partial charge < -0.3 is 0 Å². The van der Waals surface area contributed by atoms with Crippen molar-refractivity contribution in [3.05, 3.63) is 23.5 Å². The average Bonchev–Trinajstić information content (AvgIpc) is 2.21. The van der Waals surface area contributed by atoms with Gasteiger partial charge in [0.15, 0.2) is 11.6 Å². The molecule has 0 bridgehead atoms. The molecule has 1 unspecified atom stereocenters. The Balaban J connectivity index is 3.15. The first-order chi connectivity index (χ1) is 6.97. The summed E-state index contributed by atoms with van der Waals surface area (Å²) in [4.78, 5) is 1.83. The van der Waals surface area contributed by atoms with E-state index in [0.717, 1.165) is 11.8 Å². The molecular formula is C9H9F4NS. The molecule has 6 heteroatoms. The fraction of sp³-hybridized carbons (Fsp3) is 0.444. The van der Waals surface area contributed by atoms with Crippen LogP contribution < -0.4 is 0 Å². The molecule has 1 nitrogen and oxygen atoms in total. The fourth-order valence-electron chi connectivity index (χ4n) is 0.856. The standard InChI is InChI=1S/C9H9F4NS/c1-3-4(2)15-7-5(10)8(12)14-9(13)6(7)11/h4H,3H2,1-2H3. The molecule has 0 saturated carbocycles. The summed E-state index contributed by atoms with van der Waals surface area (Å²) in [5.74, 6) is -6.09. The van der Waals surface area contributed by atoms with E-state index in [9.17, 15) is 17.6 Å². The van der Waals surface area contributed by atoms with Crippen LogP contribution in [0.1, 0.15) is 20.3 Å². The van der Waals surface area contributed by atoms with Gasteiger partial charge in [0.05, 0.1) is 4.90 Å². The molecule has 1 heterocycles. The molecule has 15 heavy (non-hydrogen) atoms. The topological polar surface area (TPSA) is 12.9 Å². The Morgan fingerprint density at radius 2 is 1.60 bits per heavy atom. The predicted molar refractivity (Wildman–Crippen MR) is 49.7 cm³/mol. The van der Waals surface area contributed by atoms with Gasteiger partial charge in [0.25, 0.3) is 11.9 Å². The molecule has 0 saturated heterocycles. The van der Waals surface area contributed by atoms with Crippen LogP contribution in [0.3, 0.4) is 0 Å². The second kappa shape index (κ2) is 4.83. The Hall–Kier alpha value is -0.780. The van der Waals surface area contributed by atoms with Gasteiger partial charge in [-0.2, -0.15) is 13.8 Å². The minimum absolute atomic E-state index is 0.129. The molecule has 0 fully saturated rings. The molecule has 0 radical (unpaired) electrons. The number of pyridine rings is 1. The summed E-state index contributed by atoms with van der Waals surface area (Å²) >= 11 is 0.755. The van der Waals surface area contributed by atoms with Gasteiger partial charge >= 0.3 is 0 Å². The number of hydrogen-bond donors (Lipinski definition) is 0. The van der Waals surface area contributed by atoms with Crippen LogP contribution in [0.4, 0.5) is 17.6 Å². The zero-order chi connectivity index (χ0) is 11.6. The van der Waals surface area contributed by atoms with Crippen molar-refractivity contribution in [3.63, 3.8) is 0 Å². The van der Waals surface area contributed by atoms with Gasteiger partial charge in [0.2, 0.25) is 0 Å². The summed E-state index contributed by atoms with van der Waals surface area (Å²) in [7, 11) is 0. The van der Waals surface area contributed by atoms with Crippen LogP contribution in [0.25, 0.3) is 0 Å². The molecule has 0 N–H and O–H groups in total. The first-order valence-corrected chi connectivity index (χ1v) is 5.22. The first-order valence-electron chi connectivity index (χ1n) is 4.34. The summed E-state index contributed by atoms with van der Waals surface area (Å²) in [6.07, 6.45) is 0.634. The van der Waals surface area contributed by atoms with Gasteiger partial charge in [-0.3, -0.25) is 0 Å². The highest BCUT2D eigenvalue weighted by atomic mass is 32.2. The van der Waals surface area contributed by atoms with Gasteiger partial charge in [-0.25, -0.2) is 8.78 Å². The van der Waals surface area contributed by atoms with Crippen molar-refractivity contribution < 1.29 is 17.6 Å². The van der Waals surface area contributed by atoms with Crippen LogP contribution in [0.5, 0.6) is 0 Å². The van der Waals surface area contributed by atoms with Crippen LogP contribution in [0, 0.1) is 23.5 Å². The molecule has 1 aromatic rings. The lowest BCUT2D eigenvalue weighted by Crippen LogP contribution is -2.04. The average molecular weight is 239 g/mol. The highest BCUT2D eigenvalue weighted by molar-refractivity contribution is 8.00. The van der Waals surface area contributed by atoms with Crippen molar-refractivity contribution in [2.45, 2.75) is 30.4 Å². The number of aromatic nitrogens is 1. The van der Waals surface area contributed by atoms with Gasteiger partial charge in [0.1, 0.15) is 0 Å². The minimum atomic E-state index is -1.61. The van der Waals surface area contributed by atoms with E-state index in [0.29, 0.717) is 6.42 Å². The van der Waals surface area contributed by atoms with Crippen molar-refractivity contribution in [2.24, 2.45) is 0 Å². The Morgan fingerprint density at radius 3 is 2.00 bits per heavy atom. The Morgan fingerprint density at radius 1 is 1.13 bits per heavy atom. The molecule has 1 aromatic heterocycles. The van der Waals surface area contributed by atoms with E-state index in [1.165, 1.54) is 0 Å². The highest BCUT2D eigenvalue weighted by Gasteiger charge is 2.22. The number of halogens is 4. The zero-order valence-corrected chi connectivity index (χ0v) is 8.97. The second-order valence-electron chi connectivity index (χ2n) is 2.99. The Bertz CT molecular complexity index is 343. The molecule has 0 aliphatic carbocycles. The van der Waals surface area contributed by atoms with E-state index in [-0.39, 0.29) is 5.25 Å². The van der Waals surface area contributed by atoms with Gasteiger partial charge in [-0.15, -0.1) is 11.8 Å². The predicted octanol–water partition coefficient (Wildman–Crippen LogP) is 3.53. The molecule has 1 rings (SSSR count). The van der Waals surface area contributed by atoms with Gasteiger partial charge in [0, 0.05) is 5.25 Å². The summed E-state index contributed by atoms with van der Waals surface area (Å²) in [5.41, 5.74) is 0. The maximum atomic E-state index is 13.1. The van der Waals surface area contributed by atoms with Crippen LogP contribution in [0.2, 0.25) is 0 Å². The summed E-state index contributed by atoms with van der Waals surface area (Å²) < 4.78 is 51.5. The Labute approximate surface area is 88.9 Å². The highest BCUT2D eigenvalue weighted by Crippen LogP contribution is 2.31. The smallest absolute Gasteiger partial charge is 0.201 e. The zero-order valence-electron chi connectivity index (χ0n) is 8.15. The van der Waals surface area contributed by atoms with E-state index >= 15 is 0 Å². The van der Waals surface area contributed by atoms with Crippen molar-refractivity contribution in [1.29, 1.82) is 0 Å². The molecule has 0 aliphatic rings. The third-order valence-electron chi connectivity index (χ3n) is 1.85. The van der Waals surface area contributed by atoms with Gasteiger partial charge in [-0.1, -0.05) is 13.8 Å². The summed E-state index contributed by atoms with van der Waals surface area (Å²) in [5, 5.41) is -0.129. The van der Waals surface area contributed by atoms with E-state index in [1.807, 2.05) is 0 Å². The van der Waals surface area contributed by atoms with Crippen LogP contribution >= 0.6 is 11.8 Å². The SMILES string of the molecule is CCC(C)Sc1c(F)c(F)nc(F)c1F. The van der Waals surface area contributed by atoms with Gasteiger partial charge in [-0.05, 0) is 6.42 Å². The van der Waals surface area contributed by atoms with E-state index in [1.54, 1.807) is 13.8 Å². The number of thioether (sulfide) groups is 1. The summed E-state index contributed by atoms with van der Waals surface area (Å²) in [6, 6.07) is 0. The Kier molecular flexibility index (Phi) is 3.96. The molecule has 0 aliphatic heterocycles. The monoisotopic (exact) mass is 239 g/mol. The molecule has 0 spiro atoms. The minimum Gasteiger partial charge on any atom is -0.201 e. The lowest BCUT2D eigenvalue weighted by atomic mass is 10.4. The van der Waals surface area contributed by atoms with E-state index in [2.05, 4.69) is 4.98 Å². The molecule has 1 atom stereocenters. The lowest BCUT2D eigenvalue weighted by Gasteiger charge is -2.10. The molecular weight excluding hydrogens is 230 g/mol. The maximum Gasteiger partial charge on any atom is 0.252 e. The maximum absolute atomic E-state index is 13.1. The van der Waals surface area contributed by atoms with E-state index < -0.39 is 28.4 Å². The number of rotatable bonds is 3. The van der Waals surface area contributed by atoms with Crippen molar-refractivity contribution >= 4 is 11.8 Å². The lowest BCUT2D eigenvalue weighted by molar-refractivity contribution is 0.383. The molecule has 0 aromatic carbocycles.